The minimum absolute atomic E-state index is 0.381. The van der Waals surface area contributed by atoms with Crippen molar-refractivity contribution in [2.75, 3.05) is 20.1 Å². The van der Waals surface area contributed by atoms with E-state index in [2.05, 4.69) is 23.3 Å². The van der Waals surface area contributed by atoms with Crippen LogP contribution in [0.4, 0.5) is 0 Å². The molecule has 0 amide bonds. The topological polar surface area (TPSA) is 15.3 Å². The highest BCUT2D eigenvalue weighted by Crippen LogP contribution is 2.41. The zero-order valence-corrected chi connectivity index (χ0v) is 14.6. The third kappa shape index (κ3) is 3.31. The van der Waals surface area contributed by atoms with Gasteiger partial charge in [0.05, 0.1) is 4.34 Å². The van der Waals surface area contributed by atoms with Crippen molar-refractivity contribution in [3.8, 4) is 0 Å². The van der Waals surface area contributed by atoms with E-state index in [1.807, 2.05) is 6.07 Å². The number of likely N-dealkylation sites (N-methyl/N-ethyl adjacent to an activating group) is 1. The SMILES string of the molecule is CNC(Cc1ccc(Cl)s1)C1(N2CCCCC2)CCCC1. The van der Waals surface area contributed by atoms with E-state index in [1.165, 1.54) is 62.9 Å². The Morgan fingerprint density at radius 2 is 1.90 bits per heavy atom. The van der Waals surface area contributed by atoms with Crippen molar-refractivity contribution in [3.63, 3.8) is 0 Å². The highest BCUT2D eigenvalue weighted by Gasteiger charge is 2.45. The molecule has 0 bridgehead atoms. The molecule has 1 aliphatic carbocycles. The molecule has 3 rings (SSSR count). The lowest BCUT2D eigenvalue weighted by molar-refractivity contribution is 0.0391. The molecule has 2 fully saturated rings. The van der Waals surface area contributed by atoms with Crippen LogP contribution < -0.4 is 5.32 Å². The van der Waals surface area contributed by atoms with E-state index in [0.717, 1.165) is 10.8 Å². The smallest absolute Gasteiger partial charge is 0.0931 e. The summed E-state index contributed by atoms with van der Waals surface area (Å²) in [6.45, 7) is 2.59. The zero-order chi connectivity index (χ0) is 14.7. The van der Waals surface area contributed by atoms with E-state index in [4.69, 9.17) is 11.6 Å². The third-order valence-corrected chi connectivity index (χ3v) is 6.74. The number of likely N-dealkylation sites (tertiary alicyclic amines) is 1. The van der Waals surface area contributed by atoms with Crippen LogP contribution in [0.15, 0.2) is 12.1 Å². The van der Waals surface area contributed by atoms with Crippen LogP contribution in [0.5, 0.6) is 0 Å². The normalized spacial score (nSPS) is 24.3. The molecule has 118 valence electrons. The Kier molecular flexibility index (Phi) is 5.26. The summed E-state index contributed by atoms with van der Waals surface area (Å²) in [7, 11) is 2.14. The maximum atomic E-state index is 6.12. The fourth-order valence-electron chi connectivity index (χ4n) is 4.43. The van der Waals surface area contributed by atoms with Crippen molar-refractivity contribution >= 4 is 22.9 Å². The first-order chi connectivity index (χ1) is 10.2. The molecule has 2 heterocycles. The molecule has 2 aliphatic rings. The van der Waals surface area contributed by atoms with Crippen LogP contribution in [-0.4, -0.2) is 36.6 Å². The summed E-state index contributed by atoms with van der Waals surface area (Å²) in [4.78, 5) is 4.24. The fourth-order valence-corrected chi connectivity index (χ4v) is 5.57. The van der Waals surface area contributed by atoms with Gasteiger partial charge in [-0.05, 0) is 64.4 Å². The molecule has 0 spiro atoms. The molecule has 4 heteroatoms. The summed E-state index contributed by atoms with van der Waals surface area (Å²) in [6, 6.07) is 4.79. The van der Waals surface area contributed by atoms with Gasteiger partial charge in [-0.15, -0.1) is 11.3 Å². The largest absolute Gasteiger partial charge is 0.315 e. The molecule has 1 aromatic heterocycles. The van der Waals surface area contributed by atoms with E-state index >= 15 is 0 Å². The molecule has 2 nitrogen and oxygen atoms in total. The quantitative estimate of drug-likeness (QED) is 0.866. The van der Waals surface area contributed by atoms with E-state index in [1.54, 1.807) is 11.3 Å². The van der Waals surface area contributed by atoms with Gasteiger partial charge in [0.25, 0.3) is 0 Å². The van der Waals surface area contributed by atoms with Crippen LogP contribution in [-0.2, 0) is 6.42 Å². The summed E-state index contributed by atoms with van der Waals surface area (Å²) in [6.07, 6.45) is 10.8. The Bertz CT molecular complexity index is 447. The van der Waals surface area contributed by atoms with Crippen molar-refractivity contribution in [2.45, 2.75) is 62.9 Å². The Hall–Kier alpha value is -0.0900. The predicted octanol–water partition coefficient (Wildman–Crippen LogP) is 4.33. The summed E-state index contributed by atoms with van der Waals surface area (Å²) in [5, 5.41) is 3.66. The Labute approximate surface area is 137 Å². The molecule has 0 radical (unpaired) electrons. The fraction of sp³-hybridized carbons (Fsp3) is 0.765. The first kappa shape index (κ1) is 15.8. The van der Waals surface area contributed by atoms with Gasteiger partial charge < -0.3 is 5.32 Å². The maximum absolute atomic E-state index is 6.12. The first-order valence-corrected chi connectivity index (χ1v) is 9.60. The second-order valence-corrected chi connectivity index (χ2v) is 8.41. The van der Waals surface area contributed by atoms with E-state index in [9.17, 15) is 0 Å². The van der Waals surface area contributed by atoms with E-state index in [-0.39, 0.29) is 0 Å². The molecule has 0 aromatic carbocycles. The van der Waals surface area contributed by atoms with Crippen LogP contribution in [0.2, 0.25) is 4.34 Å². The highest BCUT2D eigenvalue weighted by atomic mass is 35.5. The minimum atomic E-state index is 0.381. The molecule has 21 heavy (non-hydrogen) atoms. The van der Waals surface area contributed by atoms with Gasteiger partial charge in [-0.25, -0.2) is 0 Å². The molecule has 1 atom stereocenters. The van der Waals surface area contributed by atoms with Crippen LogP contribution in [0, 0.1) is 0 Å². The highest BCUT2D eigenvalue weighted by molar-refractivity contribution is 7.16. The molecular weight excluding hydrogens is 300 g/mol. The van der Waals surface area contributed by atoms with Crippen molar-refractivity contribution in [1.82, 2.24) is 10.2 Å². The van der Waals surface area contributed by atoms with Crippen molar-refractivity contribution in [1.29, 1.82) is 0 Å². The van der Waals surface area contributed by atoms with Crippen molar-refractivity contribution < 1.29 is 0 Å². The molecular formula is C17H27ClN2S. The third-order valence-electron chi connectivity index (χ3n) is 5.49. The molecule has 1 unspecified atom stereocenters. The molecule has 1 N–H and O–H groups in total. The lowest BCUT2D eigenvalue weighted by Crippen LogP contribution is -2.61. The van der Waals surface area contributed by atoms with Crippen LogP contribution in [0.3, 0.4) is 0 Å². The minimum Gasteiger partial charge on any atom is -0.315 e. The van der Waals surface area contributed by atoms with Crippen molar-refractivity contribution in [3.05, 3.63) is 21.3 Å². The van der Waals surface area contributed by atoms with Gasteiger partial charge in [-0.1, -0.05) is 30.9 Å². The van der Waals surface area contributed by atoms with E-state index < -0.39 is 0 Å². The average molecular weight is 327 g/mol. The Morgan fingerprint density at radius 3 is 2.48 bits per heavy atom. The second kappa shape index (κ2) is 6.99. The number of thiophene rings is 1. The maximum Gasteiger partial charge on any atom is 0.0931 e. The van der Waals surface area contributed by atoms with Gasteiger partial charge in [0, 0.05) is 16.5 Å². The molecule has 1 aromatic rings. The Morgan fingerprint density at radius 1 is 1.19 bits per heavy atom. The van der Waals surface area contributed by atoms with Gasteiger partial charge in [-0.2, -0.15) is 0 Å². The summed E-state index contributed by atoms with van der Waals surface area (Å²) >= 11 is 7.86. The first-order valence-electron chi connectivity index (χ1n) is 8.41. The summed E-state index contributed by atoms with van der Waals surface area (Å²) < 4.78 is 0.915. The Balaban J connectivity index is 1.79. The predicted molar refractivity (Wildman–Crippen MR) is 92.5 cm³/mol. The van der Waals surface area contributed by atoms with Gasteiger partial charge >= 0.3 is 0 Å². The number of piperidine rings is 1. The zero-order valence-electron chi connectivity index (χ0n) is 13.0. The summed E-state index contributed by atoms with van der Waals surface area (Å²) in [5.74, 6) is 0. The lowest BCUT2D eigenvalue weighted by atomic mass is 9.82. The monoisotopic (exact) mass is 326 g/mol. The lowest BCUT2D eigenvalue weighted by Gasteiger charge is -2.48. The molecule has 1 saturated heterocycles. The molecule has 1 aliphatic heterocycles. The molecule has 1 saturated carbocycles. The van der Waals surface area contributed by atoms with Gasteiger partial charge in [0.15, 0.2) is 0 Å². The summed E-state index contributed by atoms with van der Waals surface area (Å²) in [5.41, 5.74) is 0.381. The number of rotatable bonds is 5. The number of hydrogen-bond acceptors (Lipinski definition) is 3. The van der Waals surface area contributed by atoms with Gasteiger partial charge in [0.1, 0.15) is 0 Å². The van der Waals surface area contributed by atoms with Crippen LogP contribution in [0.1, 0.15) is 49.8 Å². The van der Waals surface area contributed by atoms with Crippen LogP contribution in [0.25, 0.3) is 0 Å². The number of nitrogens with zero attached hydrogens (tertiary/aromatic N) is 1. The van der Waals surface area contributed by atoms with Gasteiger partial charge in [-0.3, -0.25) is 4.90 Å². The standard InChI is InChI=1S/C17H27ClN2S/c1-19-15(13-14-7-8-16(18)21-14)17(9-3-4-10-17)20-11-5-2-6-12-20/h7-8,15,19H,2-6,9-13H2,1H3. The average Bonchev–Trinajstić information content (AvgIpc) is 3.15. The second-order valence-electron chi connectivity index (χ2n) is 6.61. The van der Waals surface area contributed by atoms with E-state index in [0.29, 0.717) is 11.6 Å². The number of halogens is 1. The number of nitrogens with one attached hydrogen (secondary N) is 1. The van der Waals surface area contributed by atoms with Crippen LogP contribution >= 0.6 is 22.9 Å². The van der Waals surface area contributed by atoms with Crippen molar-refractivity contribution in [2.24, 2.45) is 0 Å². The number of hydrogen-bond donors (Lipinski definition) is 1. The van der Waals surface area contributed by atoms with Gasteiger partial charge in [0.2, 0.25) is 0 Å².